The maximum absolute atomic E-state index is 12.2. The lowest BCUT2D eigenvalue weighted by Crippen LogP contribution is -2.30. The summed E-state index contributed by atoms with van der Waals surface area (Å²) in [4.78, 5) is 26.2. The molecule has 0 aromatic heterocycles. The molecule has 0 saturated heterocycles. The molecule has 25 heavy (non-hydrogen) atoms. The third kappa shape index (κ3) is 2.71. The van der Waals surface area contributed by atoms with Crippen molar-refractivity contribution in [3.8, 4) is 11.5 Å². The molecule has 0 fully saturated rings. The predicted octanol–water partition coefficient (Wildman–Crippen LogP) is 2.52. The zero-order chi connectivity index (χ0) is 18.1. The first kappa shape index (κ1) is 16.9. The second-order valence-electron chi connectivity index (χ2n) is 5.63. The van der Waals surface area contributed by atoms with Crippen LogP contribution in [0.2, 0.25) is 0 Å². The molecule has 0 bridgehead atoms. The van der Waals surface area contributed by atoms with Crippen LogP contribution >= 0.6 is 0 Å². The van der Waals surface area contributed by atoms with Crippen molar-refractivity contribution in [3.63, 3.8) is 0 Å². The van der Waals surface area contributed by atoms with Crippen LogP contribution in [0.15, 0.2) is 40.7 Å². The fourth-order valence-electron chi connectivity index (χ4n) is 3.09. The van der Waals surface area contributed by atoms with Crippen LogP contribution in [0, 0.1) is 0 Å². The van der Waals surface area contributed by atoms with Crippen molar-refractivity contribution in [1.82, 2.24) is 0 Å². The topological polar surface area (TPSA) is 74.3 Å². The molecule has 2 aliphatic rings. The number of benzene rings is 1. The number of hydrogen-bond acceptors (Lipinski definition) is 7. The van der Waals surface area contributed by atoms with Crippen molar-refractivity contribution in [2.45, 2.75) is 20.3 Å². The van der Waals surface area contributed by atoms with Crippen LogP contribution in [-0.2, 0) is 19.1 Å². The van der Waals surface area contributed by atoms with Crippen LogP contribution in [0.25, 0.3) is 0 Å². The lowest BCUT2D eigenvalue weighted by atomic mass is 9.95. The van der Waals surface area contributed by atoms with E-state index in [2.05, 4.69) is 0 Å². The van der Waals surface area contributed by atoms with E-state index in [1.54, 1.807) is 24.8 Å². The van der Waals surface area contributed by atoms with E-state index >= 15 is 0 Å². The predicted molar refractivity (Wildman–Crippen MR) is 89.1 cm³/mol. The molecule has 1 aromatic carbocycles. The van der Waals surface area contributed by atoms with Gasteiger partial charge in [-0.1, -0.05) is 6.07 Å². The van der Waals surface area contributed by atoms with Gasteiger partial charge in [0, 0.05) is 17.8 Å². The van der Waals surface area contributed by atoms with E-state index in [4.69, 9.17) is 18.9 Å². The standard InChI is InChI=1S/C18H19NO6/c1-10-12(17(20)22-3)8-13(18(21)23-4)11(2)19(10)14-6-5-7-15-16(14)25-9-24-15/h5-7H,8-9H2,1-4H3. The summed E-state index contributed by atoms with van der Waals surface area (Å²) in [5.41, 5.74) is 2.81. The molecule has 0 radical (unpaired) electrons. The largest absolute Gasteiger partial charge is 0.466 e. The van der Waals surface area contributed by atoms with Gasteiger partial charge in [0.1, 0.15) is 0 Å². The Balaban J connectivity index is 2.19. The lowest BCUT2D eigenvalue weighted by Gasteiger charge is -2.33. The second kappa shape index (κ2) is 6.51. The van der Waals surface area contributed by atoms with E-state index < -0.39 is 11.9 Å². The van der Waals surface area contributed by atoms with Crippen LogP contribution in [0.4, 0.5) is 5.69 Å². The van der Waals surface area contributed by atoms with Gasteiger partial charge < -0.3 is 23.8 Å². The zero-order valence-electron chi connectivity index (χ0n) is 14.5. The van der Waals surface area contributed by atoms with Gasteiger partial charge in [-0.2, -0.15) is 0 Å². The number of fused-ring (bicyclic) bond motifs is 1. The number of carbonyl (C=O) groups is 2. The lowest BCUT2D eigenvalue weighted by molar-refractivity contribution is -0.136. The summed E-state index contributed by atoms with van der Waals surface area (Å²) in [6.07, 6.45) is 0.153. The molecule has 3 rings (SSSR count). The molecule has 2 aliphatic heterocycles. The third-order valence-electron chi connectivity index (χ3n) is 4.38. The smallest absolute Gasteiger partial charge is 0.335 e. The van der Waals surface area contributed by atoms with Gasteiger partial charge in [-0.25, -0.2) is 9.59 Å². The molecular formula is C18H19NO6. The van der Waals surface area contributed by atoms with Gasteiger partial charge in [0.2, 0.25) is 6.79 Å². The molecule has 0 amide bonds. The molecule has 132 valence electrons. The van der Waals surface area contributed by atoms with E-state index in [9.17, 15) is 9.59 Å². The zero-order valence-corrected chi connectivity index (χ0v) is 14.5. The molecule has 0 unspecified atom stereocenters. The number of hydrogen-bond donors (Lipinski definition) is 0. The molecule has 2 heterocycles. The van der Waals surface area contributed by atoms with Crippen molar-refractivity contribution in [2.24, 2.45) is 0 Å². The minimum atomic E-state index is -0.485. The number of rotatable bonds is 3. The van der Waals surface area contributed by atoms with Gasteiger partial charge in [-0.15, -0.1) is 0 Å². The Morgan fingerprint density at radius 1 is 1.00 bits per heavy atom. The Kier molecular flexibility index (Phi) is 4.39. The van der Waals surface area contributed by atoms with E-state index in [-0.39, 0.29) is 13.2 Å². The van der Waals surface area contributed by atoms with E-state index in [1.165, 1.54) is 14.2 Å². The van der Waals surface area contributed by atoms with Gasteiger partial charge in [0.25, 0.3) is 0 Å². The Morgan fingerprint density at radius 3 is 2.16 bits per heavy atom. The van der Waals surface area contributed by atoms with Gasteiger partial charge in [-0.3, -0.25) is 0 Å². The molecule has 7 nitrogen and oxygen atoms in total. The van der Waals surface area contributed by atoms with Gasteiger partial charge in [0.15, 0.2) is 11.5 Å². The number of nitrogens with zero attached hydrogens (tertiary/aromatic N) is 1. The first-order chi connectivity index (χ1) is 12.0. The Labute approximate surface area is 145 Å². The number of methoxy groups -OCH3 is 2. The van der Waals surface area contributed by atoms with Crippen LogP contribution in [0.1, 0.15) is 20.3 Å². The maximum Gasteiger partial charge on any atom is 0.335 e. The fraction of sp³-hybridized carbons (Fsp3) is 0.333. The van der Waals surface area contributed by atoms with Crippen molar-refractivity contribution in [1.29, 1.82) is 0 Å². The Hall–Kier alpha value is -2.96. The summed E-state index contributed by atoms with van der Waals surface area (Å²) in [7, 11) is 2.63. The van der Waals surface area contributed by atoms with Gasteiger partial charge in [0.05, 0.1) is 31.1 Å². The SMILES string of the molecule is COC(=O)C1=C(C)N(c2cccc3c2OCO3)C(C)=C(C(=O)OC)C1. The number of allylic oxidation sites excluding steroid dienone is 2. The Bertz CT molecular complexity index is 770. The number of para-hydroxylation sites is 1. The maximum atomic E-state index is 12.2. The third-order valence-corrected chi connectivity index (χ3v) is 4.38. The highest BCUT2D eigenvalue weighted by atomic mass is 16.7. The van der Waals surface area contributed by atoms with Crippen molar-refractivity contribution in [3.05, 3.63) is 40.7 Å². The number of carbonyl (C=O) groups excluding carboxylic acids is 2. The van der Waals surface area contributed by atoms with Gasteiger partial charge >= 0.3 is 11.9 Å². The summed E-state index contributed by atoms with van der Waals surface area (Å²) >= 11 is 0. The van der Waals surface area contributed by atoms with Crippen molar-refractivity contribution in [2.75, 3.05) is 25.9 Å². The molecule has 0 saturated carbocycles. The molecule has 1 aromatic rings. The summed E-state index contributed by atoms with van der Waals surface area (Å²) in [5, 5.41) is 0. The average molecular weight is 345 g/mol. The van der Waals surface area contributed by atoms with Crippen molar-refractivity contribution < 1.29 is 28.5 Å². The number of anilines is 1. The molecule has 0 aliphatic carbocycles. The molecule has 7 heteroatoms. The molecule has 0 N–H and O–H groups in total. The molecule has 0 spiro atoms. The monoisotopic (exact) mass is 345 g/mol. The minimum Gasteiger partial charge on any atom is -0.466 e. The normalized spacial score (nSPS) is 16.2. The molecular weight excluding hydrogens is 326 g/mol. The van der Waals surface area contributed by atoms with Crippen LogP contribution < -0.4 is 14.4 Å². The fourth-order valence-corrected chi connectivity index (χ4v) is 3.09. The quantitative estimate of drug-likeness (QED) is 0.779. The van der Waals surface area contributed by atoms with Crippen LogP contribution in [0.5, 0.6) is 11.5 Å². The van der Waals surface area contributed by atoms with E-state index in [0.717, 1.165) is 0 Å². The summed E-state index contributed by atoms with van der Waals surface area (Å²) in [6, 6.07) is 5.47. The van der Waals surface area contributed by atoms with Crippen LogP contribution in [-0.4, -0.2) is 33.0 Å². The minimum absolute atomic E-state index is 0.124. The molecule has 0 atom stereocenters. The summed E-state index contributed by atoms with van der Waals surface area (Å²) in [6.45, 7) is 3.73. The average Bonchev–Trinajstić information content (AvgIpc) is 3.10. The highest BCUT2D eigenvalue weighted by molar-refractivity contribution is 5.98. The van der Waals surface area contributed by atoms with Gasteiger partial charge in [-0.05, 0) is 26.0 Å². The van der Waals surface area contributed by atoms with E-state index in [0.29, 0.717) is 39.7 Å². The van der Waals surface area contributed by atoms with E-state index in [1.807, 2.05) is 12.1 Å². The van der Waals surface area contributed by atoms with Crippen LogP contribution in [0.3, 0.4) is 0 Å². The first-order valence-electron chi connectivity index (χ1n) is 7.74. The second-order valence-corrected chi connectivity index (χ2v) is 5.63. The summed E-state index contributed by atoms with van der Waals surface area (Å²) < 4.78 is 20.8. The summed E-state index contributed by atoms with van der Waals surface area (Å²) in [5.74, 6) is 0.210. The Morgan fingerprint density at radius 2 is 1.60 bits per heavy atom. The van der Waals surface area contributed by atoms with Crippen molar-refractivity contribution >= 4 is 17.6 Å². The number of esters is 2. The number of ether oxygens (including phenoxy) is 4. The first-order valence-corrected chi connectivity index (χ1v) is 7.74. The highest BCUT2D eigenvalue weighted by Gasteiger charge is 2.33. The highest BCUT2D eigenvalue weighted by Crippen LogP contribution is 2.45.